The number of amides is 1. The summed E-state index contributed by atoms with van der Waals surface area (Å²) in [4.78, 5) is 23.6. The van der Waals surface area contributed by atoms with Crippen LogP contribution in [0.15, 0.2) is 78.0 Å². The highest BCUT2D eigenvalue weighted by atomic mass is 32.2. The quantitative estimate of drug-likeness (QED) is 0.214. The van der Waals surface area contributed by atoms with Crippen LogP contribution < -0.4 is 5.32 Å². The second-order valence-corrected chi connectivity index (χ2v) is 9.16. The Labute approximate surface area is 201 Å². The van der Waals surface area contributed by atoms with Crippen molar-refractivity contribution in [2.75, 3.05) is 5.32 Å². The van der Waals surface area contributed by atoms with Gasteiger partial charge in [0.1, 0.15) is 0 Å². The molecule has 9 heteroatoms. The monoisotopic (exact) mass is 473 g/mol. The van der Waals surface area contributed by atoms with Crippen molar-refractivity contribution in [1.82, 2.24) is 14.8 Å². The van der Waals surface area contributed by atoms with E-state index in [1.54, 1.807) is 19.9 Å². The van der Waals surface area contributed by atoms with Gasteiger partial charge in [-0.2, -0.15) is 0 Å². The Morgan fingerprint density at radius 2 is 1.74 bits per heavy atom. The number of benzene rings is 3. The van der Waals surface area contributed by atoms with E-state index in [1.165, 1.54) is 23.9 Å². The van der Waals surface area contributed by atoms with Gasteiger partial charge in [0, 0.05) is 23.4 Å². The maximum absolute atomic E-state index is 13.0. The van der Waals surface area contributed by atoms with Gasteiger partial charge in [0.05, 0.1) is 15.9 Å². The van der Waals surface area contributed by atoms with Crippen LogP contribution in [0.3, 0.4) is 0 Å². The van der Waals surface area contributed by atoms with Crippen LogP contribution in [0.25, 0.3) is 17.1 Å². The molecule has 0 aliphatic heterocycles. The fourth-order valence-electron chi connectivity index (χ4n) is 3.35. The fourth-order valence-corrected chi connectivity index (χ4v) is 4.22. The average Bonchev–Trinajstić information content (AvgIpc) is 3.24. The standard InChI is InChI=1S/C25H23N5O3S/c1-16-9-12-19(13-10-16)23-27-28-25(29(23)20-7-5-4-6-8-20)34-18(3)24(31)26-22-15-21(30(32)33)14-11-17(22)2/h4-15,18H,1-3H3,(H,26,31)/t18-/m1/s1. The molecule has 8 nitrogen and oxygen atoms in total. The summed E-state index contributed by atoms with van der Waals surface area (Å²) in [6.45, 7) is 5.58. The molecule has 1 amide bonds. The summed E-state index contributed by atoms with van der Waals surface area (Å²) in [6.07, 6.45) is 0. The maximum Gasteiger partial charge on any atom is 0.271 e. The molecule has 1 heterocycles. The van der Waals surface area contributed by atoms with Gasteiger partial charge in [0.25, 0.3) is 5.69 Å². The van der Waals surface area contributed by atoms with E-state index in [9.17, 15) is 14.9 Å². The van der Waals surface area contributed by atoms with Gasteiger partial charge in [-0.3, -0.25) is 19.5 Å². The van der Waals surface area contributed by atoms with Crippen LogP contribution in [0.2, 0.25) is 0 Å². The zero-order valence-corrected chi connectivity index (χ0v) is 19.7. The van der Waals surface area contributed by atoms with Gasteiger partial charge in [-0.15, -0.1) is 10.2 Å². The Hall–Kier alpha value is -3.98. The summed E-state index contributed by atoms with van der Waals surface area (Å²) in [5.74, 6) is 0.393. The molecule has 4 aromatic rings. The third-order valence-corrected chi connectivity index (χ3v) is 6.34. The zero-order valence-electron chi connectivity index (χ0n) is 18.9. The van der Waals surface area contributed by atoms with Crippen molar-refractivity contribution in [2.45, 2.75) is 31.2 Å². The van der Waals surface area contributed by atoms with E-state index in [0.717, 1.165) is 22.4 Å². The molecule has 3 aromatic carbocycles. The number of hydrogen-bond donors (Lipinski definition) is 1. The lowest BCUT2D eigenvalue weighted by Gasteiger charge is -2.15. The van der Waals surface area contributed by atoms with E-state index in [2.05, 4.69) is 15.5 Å². The summed E-state index contributed by atoms with van der Waals surface area (Å²) in [6, 6.07) is 22.1. The first-order valence-electron chi connectivity index (χ1n) is 10.6. The molecule has 0 aliphatic rings. The SMILES string of the molecule is Cc1ccc(-c2nnc(S[C@H](C)C(=O)Nc3cc([N+](=O)[O-])ccc3C)n2-c2ccccc2)cc1. The summed E-state index contributed by atoms with van der Waals surface area (Å²) in [5, 5.41) is 22.8. The Morgan fingerprint density at radius 3 is 2.41 bits per heavy atom. The van der Waals surface area contributed by atoms with Gasteiger partial charge >= 0.3 is 0 Å². The molecular weight excluding hydrogens is 450 g/mol. The number of nitro benzene ring substituents is 1. The van der Waals surface area contributed by atoms with E-state index < -0.39 is 10.2 Å². The Kier molecular flexibility index (Phi) is 6.74. The number of rotatable bonds is 7. The highest BCUT2D eigenvalue weighted by Gasteiger charge is 2.23. The van der Waals surface area contributed by atoms with Crippen LogP contribution in [0.1, 0.15) is 18.1 Å². The lowest BCUT2D eigenvalue weighted by Crippen LogP contribution is -2.23. The van der Waals surface area contributed by atoms with Crippen molar-refractivity contribution in [1.29, 1.82) is 0 Å². The molecule has 172 valence electrons. The normalized spacial score (nSPS) is 11.7. The molecule has 0 fully saturated rings. The molecule has 0 saturated heterocycles. The van der Waals surface area contributed by atoms with Crippen molar-refractivity contribution in [3.63, 3.8) is 0 Å². The van der Waals surface area contributed by atoms with Crippen LogP contribution in [-0.2, 0) is 4.79 Å². The van der Waals surface area contributed by atoms with Crippen LogP contribution >= 0.6 is 11.8 Å². The number of anilines is 1. The number of carbonyl (C=O) groups is 1. The summed E-state index contributed by atoms with van der Waals surface area (Å²) >= 11 is 1.27. The van der Waals surface area contributed by atoms with Crippen molar-refractivity contribution in [2.24, 2.45) is 0 Å². The van der Waals surface area contributed by atoms with E-state index >= 15 is 0 Å². The molecule has 1 aromatic heterocycles. The van der Waals surface area contributed by atoms with Gasteiger partial charge in [-0.25, -0.2) is 0 Å². The van der Waals surface area contributed by atoms with E-state index in [4.69, 9.17) is 0 Å². The molecule has 34 heavy (non-hydrogen) atoms. The van der Waals surface area contributed by atoms with Gasteiger partial charge in [0.2, 0.25) is 5.91 Å². The van der Waals surface area contributed by atoms with Gasteiger partial charge in [0.15, 0.2) is 11.0 Å². The predicted octanol–water partition coefficient (Wildman–Crippen LogP) is 5.58. The summed E-state index contributed by atoms with van der Waals surface area (Å²) in [5.41, 5.74) is 4.02. The minimum atomic E-state index is -0.531. The molecule has 0 aliphatic carbocycles. The highest BCUT2D eigenvalue weighted by Crippen LogP contribution is 2.31. The van der Waals surface area contributed by atoms with Gasteiger partial charge < -0.3 is 5.32 Å². The van der Waals surface area contributed by atoms with Crippen molar-refractivity contribution in [3.8, 4) is 17.1 Å². The largest absolute Gasteiger partial charge is 0.325 e. The van der Waals surface area contributed by atoms with Crippen molar-refractivity contribution >= 4 is 29.0 Å². The lowest BCUT2D eigenvalue weighted by atomic mass is 10.1. The molecular formula is C25H23N5O3S. The molecule has 0 saturated carbocycles. The Bertz CT molecular complexity index is 1340. The zero-order chi connectivity index (χ0) is 24.2. The van der Waals surface area contributed by atoms with Crippen LogP contribution in [0.4, 0.5) is 11.4 Å². The number of nitro groups is 1. The number of carbonyl (C=O) groups excluding carboxylic acids is 1. The number of thioether (sulfide) groups is 1. The number of aromatic nitrogens is 3. The number of nitrogens with one attached hydrogen (secondary N) is 1. The third kappa shape index (κ3) is 4.99. The molecule has 0 spiro atoms. The molecule has 1 atom stereocenters. The van der Waals surface area contributed by atoms with E-state index in [1.807, 2.05) is 66.1 Å². The maximum atomic E-state index is 13.0. The van der Waals surface area contributed by atoms with Crippen LogP contribution in [0, 0.1) is 24.0 Å². The van der Waals surface area contributed by atoms with Crippen LogP contribution in [0.5, 0.6) is 0 Å². The minimum Gasteiger partial charge on any atom is -0.325 e. The molecule has 4 rings (SSSR count). The van der Waals surface area contributed by atoms with Crippen molar-refractivity contribution < 1.29 is 9.72 Å². The number of non-ortho nitro benzene ring substituents is 1. The molecule has 0 radical (unpaired) electrons. The number of hydrogen-bond acceptors (Lipinski definition) is 6. The first kappa shape index (κ1) is 23.2. The smallest absolute Gasteiger partial charge is 0.271 e. The predicted molar refractivity (Wildman–Crippen MR) is 133 cm³/mol. The fraction of sp³-hybridized carbons (Fsp3) is 0.160. The lowest BCUT2D eigenvalue weighted by molar-refractivity contribution is -0.384. The molecule has 0 unspecified atom stereocenters. The minimum absolute atomic E-state index is 0.0761. The second-order valence-electron chi connectivity index (χ2n) is 7.85. The first-order chi connectivity index (χ1) is 16.3. The summed E-state index contributed by atoms with van der Waals surface area (Å²) < 4.78 is 1.93. The van der Waals surface area contributed by atoms with Gasteiger partial charge in [-0.1, -0.05) is 65.9 Å². The highest BCUT2D eigenvalue weighted by molar-refractivity contribution is 8.00. The second kappa shape index (κ2) is 9.88. The summed E-state index contributed by atoms with van der Waals surface area (Å²) in [7, 11) is 0. The Morgan fingerprint density at radius 1 is 1.03 bits per heavy atom. The van der Waals surface area contributed by atoms with Crippen LogP contribution in [-0.4, -0.2) is 30.8 Å². The number of nitrogens with zero attached hydrogens (tertiary/aromatic N) is 4. The topological polar surface area (TPSA) is 103 Å². The average molecular weight is 474 g/mol. The molecule has 0 bridgehead atoms. The number of aryl methyl sites for hydroxylation is 2. The first-order valence-corrected chi connectivity index (χ1v) is 11.5. The number of para-hydroxylation sites is 1. The third-order valence-electron chi connectivity index (χ3n) is 5.30. The Balaban J connectivity index is 1.62. The van der Waals surface area contributed by atoms with Gasteiger partial charge in [-0.05, 0) is 38.5 Å². The van der Waals surface area contributed by atoms with E-state index in [0.29, 0.717) is 16.7 Å². The molecule has 1 N–H and O–H groups in total. The van der Waals surface area contributed by atoms with Crippen molar-refractivity contribution in [3.05, 3.63) is 94.0 Å². The van der Waals surface area contributed by atoms with E-state index in [-0.39, 0.29) is 11.6 Å².